The van der Waals surface area contributed by atoms with Crippen molar-refractivity contribution in [3.63, 3.8) is 0 Å². The van der Waals surface area contributed by atoms with Gasteiger partial charge in [0.1, 0.15) is 11.5 Å². The van der Waals surface area contributed by atoms with E-state index in [0.29, 0.717) is 11.7 Å². The molecule has 4 heteroatoms. The maximum Gasteiger partial charge on any atom is 0.223 e. The zero-order valence-corrected chi connectivity index (χ0v) is 18.3. The fraction of sp³-hybridized carbons (Fsp3) is 0.185. The van der Waals surface area contributed by atoms with Crippen LogP contribution < -0.4 is 9.47 Å². The number of benzene rings is 3. The topological polar surface area (TPSA) is 44.2 Å². The quantitative estimate of drug-likeness (QED) is 0.360. The van der Waals surface area contributed by atoms with E-state index in [1.807, 2.05) is 67.6 Å². The van der Waals surface area contributed by atoms with Crippen LogP contribution in [0.3, 0.4) is 0 Å². The molecule has 0 amide bonds. The number of hydrogen-bond acceptors (Lipinski definition) is 4. The highest BCUT2D eigenvalue weighted by molar-refractivity contribution is 5.55. The summed E-state index contributed by atoms with van der Waals surface area (Å²) in [4.78, 5) is 9.13. The van der Waals surface area contributed by atoms with E-state index in [1.54, 1.807) is 7.11 Å². The lowest BCUT2D eigenvalue weighted by atomic mass is 9.78. The number of nitrogens with zero attached hydrogens (tertiary/aromatic N) is 2. The Bertz CT molecular complexity index is 1150. The minimum atomic E-state index is -0.142. The molecule has 0 fully saturated rings. The molecule has 4 aromatic rings. The lowest BCUT2D eigenvalue weighted by Crippen LogP contribution is -2.18. The Kier molecular flexibility index (Phi) is 5.72. The Morgan fingerprint density at radius 1 is 0.710 bits per heavy atom. The molecule has 31 heavy (non-hydrogen) atoms. The number of hydrogen-bond donors (Lipinski definition) is 0. The van der Waals surface area contributed by atoms with E-state index >= 15 is 0 Å². The Morgan fingerprint density at radius 2 is 1.29 bits per heavy atom. The van der Waals surface area contributed by atoms with E-state index in [4.69, 9.17) is 9.47 Å². The Morgan fingerprint density at radius 3 is 1.87 bits per heavy atom. The van der Waals surface area contributed by atoms with Crippen LogP contribution in [0, 0.1) is 6.92 Å². The molecule has 0 aliphatic rings. The molecule has 4 rings (SSSR count). The predicted octanol–water partition coefficient (Wildman–Crippen LogP) is 6.58. The average Bonchev–Trinajstić information content (AvgIpc) is 2.80. The summed E-state index contributed by atoms with van der Waals surface area (Å²) >= 11 is 0. The number of rotatable bonds is 6. The van der Waals surface area contributed by atoms with Gasteiger partial charge in [-0.2, -0.15) is 4.98 Å². The fourth-order valence-corrected chi connectivity index (χ4v) is 3.54. The van der Waals surface area contributed by atoms with Crippen LogP contribution in [-0.4, -0.2) is 17.1 Å². The lowest BCUT2D eigenvalue weighted by molar-refractivity contribution is 0.414. The van der Waals surface area contributed by atoms with Crippen LogP contribution in [0.15, 0.2) is 84.9 Å². The zero-order chi connectivity index (χ0) is 21.8. The number of aromatic nitrogens is 2. The zero-order valence-electron chi connectivity index (χ0n) is 18.3. The Balaban J connectivity index is 1.55. The highest BCUT2D eigenvalue weighted by Crippen LogP contribution is 2.34. The first-order valence-corrected chi connectivity index (χ1v) is 10.3. The normalized spacial score (nSPS) is 11.2. The van der Waals surface area contributed by atoms with Crippen molar-refractivity contribution in [3.05, 3.63) is 102 Å². The van der Waals surface area contributed by atoms with Crippen LogP contribution in [0.25, 0.3) is 11.4 Å². The van der Waals surface area contributed by atoms with Crippen LogP contribution in [0.2, 0.25) is 0 Å². The highest BCUT2D eigenvalue weighted by Gasteiger charge is 2.23. The first-order valence-electron chi connectivity index (χ1n) is 10.3. The molecule has 0 spiro atoms. The van der Waals surface area contributed by atoms with Crippen LogP contribution in [-0.2, 0) is 5.41 Å². The maximum absolute atomic E-state index is 6.06. The number of aryl methyl sites for hydroxylation is 1. The van der Waals surface area contributed by atoms with Crippen LogP contribution in [0.5, 0.6) is 17.4 Å². The van der Waals surface area contributed by atoms with Crippen LogP contribution in [0.4, 0.5) is 0 Å². The lowest BCUT2D eigenvalue weighted by Gasteiger charge is -2.26. The average molecular weight is 411 g/mol. The summed E-state index contributed by atoms with van der Waals surface area (Å²) in [7, 11) is 1.68. The number of ether oxygens (including phenoxy) is 2. The standard InChI is InChI=1S/C27H26N2O2/c1-19-18-25(29-26(28-19)20-8-6-5-7-9-20)31-24-16-12-22(13-17-24)27(2,3)21-10-14-23(30-4)15-11-21/h5-18H,1-4H3. The minimum absolute atomic E-state index is 0.142. The van der Waals surface area contributed by atoms with Gasteiger partial charge < -0.3 is 9.47 Å². The SMILES string of the molecule is COc1ccc(C(C)(C)c2ccc(Oc3cc(C)nc(-c4ccccc4)n3)cc2)cc1. The van der Waals surface area contributed by atoms with Gasteiger partial charge in [0.05, 0.1) is 7.11 Å². The van der Waals surface area contributed by atoms with E-state index in [-0.39, 0.29) is 5.41 Å². The van der Waals surface area contributed by atoms with Crippen molar-refractivity contribution < 1.29 is 9.47 Å². The summed E-state index contributed by atoms with van der Waals surface area (Å²) in [5, 5.41) is 0. The molecule has 0 bridgehead atoms. The van der Waals surface area contributed by atoms with Crippen molar-refractivity contribution in [2.24, 2.45) is 0 Å². The van der Waals surface area contributed by atoms with Gasteiger partial charge in [-0.1, -0.05) is 68.4 Å². The van der Waals surface area contributed by atoms with E-state index in [0.717, 1.165) is 22.8 Å². The molecular weight excluding hydrogens is 384 g/mol. The molecule has 0 aliphatic carbocycles. The minimum Gasteiger partial charge on any atom is -0.497 e. The highest BCUT2D eigenvalue weighted by atomic mass is 16.5. The molecule has 0 N–H and O–H groups in total. The molecule has 3 aromatic carbocycles. The van der Waals surface area contributed by atoms with Gasteiger partial charge in [0, 0.05) is 22.7 Å². The van der Waals surface area contributed by atoms with Gasteiger partial charge in [-0.25, -0.2) is 4.98 Å². The van der Waals surface area contributed by atoms with Crippen molar-refractivity contribution >= 4 is 0 Å². The molecule has 1 aromatic heterocycles. The summed E-state index contributed by atoms with van der Waals surface area (Å²) < 4.78 is 11.3. The third-order valence-corrected chi connectivity index (χ3v) is 5.47. The first-order chi connectivity index (χ1) is 15.0. The molecule has 0 radical (unpaired) electrons. The monoisotopic (exact) mass is 410 g/mol. The van der Waals surface area contributed by atoms with Gasteiger partial charge in [-0.3, -0.25) is 0 Å². The number of methoxy groups -OCH3 is 1. The van der Waals surface area contributed by atoms with Gasteiger partial charge in [0.2, 0.25) is 5.88 Å². The second-order valence-electron chi connectivity index (χ2n) is 8.02. The Hall–Kier alpha value is -3.66. The van der Waals surface area contributed by atoms with Gasteiger partial charge >= 0.3 is 0 Å². The summed E-state index contributed by atoms with van der Waals surface area (Å²) in [6, 6.07) is 28.2. The molecular formula is C27H26N2O2. The van der Waals surface area contributed by atoms with Crippen LogP contribution in [0.1, 0.15) is 30.7 Å². The predicted molar refractivity (Wildman–Crippen MR) is 124 cm³/mol. The second-order valence-corrected chi connectivity index (χ2v) is 8.02. The molecule has 0 aliphatic heterocycles. The van der Waals surface area contributed by atoms with Crippen molar-refractivity contribution in [2.45, 2.75) is 26.2 Å². The third-order valence-electron chi connectivity index (χ3n) is 5.47. The van der Waals surface area contributed by atoms with Crippen molar-refractivity contribution in [3.8, 4) is 28.8 Å². The Labute approximate surface area is 183 Å². The fourth-order valence-electron chi connectivity index (χ4n) is 3.54. The molecule has 0 saturated carbocycles. The summed E-state index contributed by atoms with van der Waals surface area (Å²) in [5.74, 6) is 2.80. The van der Waals surface area contributed by atoms with Crippen molar-refractivity contribution in [1.29, 1.82) is 0 Å². The van der Waals surface area contributed by atoms with Gasteiger partial charge in [-0.05, 0) is 42.3 Å². The maximum atomic E-state index is 6.06. The van der Waals surface area contributed by atoms with Crippen LogP contribution >= 0.6 is 0 Å². The summed E-state index contributed by atoms with van der Waals surface area (Å²) in [5.41, 5.74) is 4.11. The van der Waals surface area contributed by atoms with E-state index in [9.17, 15) is 0 Å². The molecule has 156 valence electrons. The van der Waals surface area contributed by atoms with Crippen molar-refractivity contribution in [1.82, 2.24) is 9.97 Å². The van der Waals surface area contributed by atoms with Crippen molar-refractivity contribution in [2.75, 3.05) is 7.11 Å². The third kappa shape index (κ3) is 4.58. The van der Waals surface area contributed by atoms with Gasteiger partial charge in [-0.15, -0.1) is 0 Å². The van der Waals surface area contributed by atoms with E-state index in [1.165, 1.54) is 11.1 Å². The van der Waals surface area contributed by atoms with E-state index < -0.39 is 0 Å². The molecule has 0 atom stereocenters. The molecule has 0 saturated heterocycles. The van der Waals surface area contributed by atoms with E-state index in [2.05, 4.69) is 48.1 Å². The van der Waals surface area contributed by atoms with Gasteiger partial charge in [0.15, 0.2) is 5.82 Å². The molecule has 1 heterocycles. The first kappa shape index (κ1) is 20.6. The molecule has 0 unspecified atom stereocenters. The summed E-state index contributed by atoms with van der Waals surface area (Å²) in [6.45, 7) is 6.37. The molecule has 4 nitrogen and oxygen atoms in total. The summed E-state index contributed by atoms with van der Waals surface area (Å²) in [6.07, 6.45) is 0. The van der Waals surface area contributed by atoms with Gasteiger partial charge in [0.25, 0.3) is 0 Å². The largest absolute Gasteiger partial charge is 0.497 e. The smallest absolute Gasteiger partial charge is 0.223 e. The second kappa shape index (κ2) is 8.60.